The van der Waals surface area contributed by atoms with E-state index >= 15 is 0 Å². The lowest BCUT2D eigenvalue weighted by atomic mass is 9.81. The smallest absolute Gasteiger partial charge is 0.000508 e. The van der Waals surface area contributed by atoms with E-state index in [1.54, 1.807) is 0 Å². The van der Waals surface area contributed by atoms with Crippen LogP contribution in [0, 0.1) is 17.3 Å². The van der Waals surface area contributed by atoms with Crippen LogP contribution in [0.15, 0.2) is 0 Å². The Bertz CT molecular complexity index is 176. The van der Waals surface area contributed by atoms with Crippen LogP contribution in [0.1, 0.15) is 66.2 Å². The van der Waals surface area contributed by atoms with Crippen LogP contribution in [0.25, 0.3) is 0 Å². The Labute approximate surface area is 102 Å². The van der Waals surface area contributed by atoms with E-state index in [1.807, 2.05) is 0 Å². The molecule has 0 aromatic carbocycles. The van der Waals surface area contributed by atoms with Gasteiger partial charge < -0.3 is 5.32 Å². The fraction of sp³-hybridized carbons (Fsp3) is 1.00. The number of hydrogen-bond donors (Lipinski definition) is 1. The molecule has 1 nitrogen and oxygen atoms in total. The minimum Gasteiger partial charge on any atom is -0.316 e. The van der Waals surface area contributed by atoms with Gasteiger partial charge in [0, 0.05) is 6.54 Å². The van der Waals surface area contributed by atoms with Crippen molar-refractivity contribution in [2.24, 2.45) is 17.3 Å². The Morgan fingerprint density at radius 2 is 1.62 bits per heavy atom. The zero-order valence-corrected chi connectivity index (χ0v) is 11.8. The van der Waals surface area contributed by atoms with E-state index in [4.69, 9.17) is 0 Å². The highest BCUT2D eigenvalue weighted by Crippen LogP contribution is 2.26. The molecule has 96 valence electrons. The summed E-state index contributed by atoms with van der Waals surface area (Å²) in [6, 6.07) is 0. The maximum absolute atomic E-state index is 3.70. The molecule has 0 bridgehead atoms. The van der Waals surface area contributed by atoms with Gasteiger partial charge in [-0.25, -0.2) is 0 Å². The summed E-state index contributed by atoms with van der Waals surface area (Å²) >= 11 is 0. The lowest BCUT2D eigenvalue weighted by Crippen LogP contribution is -2.35. The maximum Gasteiger partial charge on any atom is 0.000508 e. The number of nitrogens with one attached hydrogen (secondary N) is 1. The Morgan fingerprint density at radius 1 is 1.06 bits per heavy atom. The molecule has 0 radical (unpaired) electrons. The van der Waals surface area contributed by atoms with Crippen LogP contribution < -0.4 is 5.32 Å². The summed E-state index contributed by atoms with van der Waals surface area (Å²) in [5, 5.41) is 3.70. The summed E-state index contributed by atoms with van der Waals surface area (Å²) in [6.07, 6.45) is 8.76. The summed E-state index contributed by atoms with van der Waals surface area (Å²) in [5.41, 5.74) is 0.435. The third kappa shape index (κ3) is 4.86. The van der Waals surface area contributed by atoms with Gasteiger partial charge in [0.25, 0.3) is 0 Å². The van der Waals surface area contributed by atoms with Crippen molar-refractivity contribution in [3.05, 3.63) is 0 Å². The molecule has 1 aliphatic rings. The van der Waals surface area contributed by atoms with Crippen LogP contribution in [0.2, 0.25) is 0 Å². The first-order chi connectivity index (χ1) is 7.52. The second-order valence-electron chi connectivity index (χ2n) is 6.63. The van der Waals surface area contributed by atoms with Crippen molar-refractivity contribution < 1.29 is 0 Å². The van der Waals surface area contributed by atoms with Gasteiger partial charge in [0.2, 0.25) is 0 Å². The van der Waals surface area contributed by atoms with Crippen molar-refractivity contribution in [2.75, 3.05) is 13.1 Å². The largest absolute Gasteiger partial charge is 0.316 e. The van der Waals surface area contributed by atoms with Crippen molar-refractivity contribution >= 4 is 0 Å². The molecule has 16 heavy (non-hydrogen) atoms. The van der Waals surface area contributed by atoms with Crippen molar-refractivity contribution in [1.82, 2.24) is 5.32 Å². The lowest BCUT2D eigenvalue weighted by Gasteiger charge is -2.30. The van der Waals surface area contributed by atoms with Crippen LogP contribution in [-0.2, 0) is 0 Å². The maximum atomic E-state index is 3.70. The zero-order valence-electron chi connectivity index (χ0n) is 11.8. The van der Waals surface area contributed by atoms with Crippen LogP contribution in [0.3, 0.4) is 0 Å². The third-order valence-corrected chi connectivity index (χ3v) is 4.55. The highest BCUT2D eigenvalue weighted by Gasteiger charge is 2.22. The van der Waals surface area contributed by atoms with Gasteiger partial charge >= 0.3 is 0 Å². The molecule has 0 atom stereocenters. The standard InChI is InChI=1S/C15H31N/c1-13(2)15(3,4)12-16-11-14-9-7-5-6-8-10-14/h13-14,16H,5-12H2,1-4H3. The molecular formula is C15H31N. The van der Waals surface area contributed by atoms with Gasteiger partial charge in [-0.2, -0.15) is 0 Å². The van der Waals surface area contributed by atoms with Crippen LogP contribution in [0.4, 0.5) is 0 Å². The predicted octanol–water partition coefficient (Wildman–Crippen LogP) is 4.23. The summed E-state index contributed by atoms with van der Waals surface area (Å²) in [6.45, 7) is 11.8. The summed E-state index contributed by atoms with van der Waals surface area (Å²) < 4.78 is 0. The molecule has 0 amide bonds. The van der Waals surface area contributed by atoms with E-state index in [0.29, 0.717) is 5.41 Å². The average Bonchev–Trinajstić information content (AvgIpc) is 2.46. The van der Waals surface area contributed by atoms with Gasteiger partial charge in [0.05, 0.1) is 0 Å². The molecule has 1 N–H and O–H groups in total. The quantitative estimate of drug-likeness (QED) is 0.691. The molecular weight excluding hydrogens is 194 g/mol. The minimum absolute atomic E-state index is 0.435. The fourth-order valence-electron chi connectivity index (χ4n) is 2.37. The third-order valence-electron chi connectivity index (χ3n) is 4.55. The van der Waals surface area contributed by atoms with Gasteiger partial charge in [0.15, 0.2) is 0 Å². The molecule has 0 aromatic rings. The molecule has 1 aliphatic carbocycles. The van der Waals surface area contributed by atoms with Crippen molar-refractivity contribution in [3.63, 3.8) is 0 Å². The first-order valence-corrected chi connectivity index (χ1v) is 7.23. The van der Waals surface area contributed by atoms with Gasteiger partial charge in [-0.05, 0) is 36.6 Å². The molecule has 1 fully saturated rings. The molecule has 0 aliphatic heterocycles. The van der Waals surface area contributed by atoms with Crippen LogP contribution >= 0.6 is 0 Å². The summed E-state index contributed by atoms with van der Waals surface area (Å²) in [4.78, 5) is 0. The first-order valence-electron chi connectivity index (χ1n) is 7.23. The number of rotatable bonds is 5. The molecule has 0 aromatic heterocycles. The SMILES string of the molecule is CC(C)C(C)(C)CNCC1CCCCCC1. The minimum atomic E-state index is 0.435. The Kier molecular flexibility index (Phi) is 5.82. The molecule has 0 heterocycles. The number of hydrogen-bond acceptors (Lipinski definition) is 1. The van der Waals surface area contributed by atoms with E-state index in [0.717, 1.165) is 11.8 Å². The molecule has 1 heteroatoms. The molecule has 0 spiro atoms. The molecule has 1 rings (SSSR count). The monoisotopic (exact) mass is 225 g/mol. The normalized spacial score (nSPS) is 20.1. The van der Waals surface area contributed by atoms with E-state index in [9.17, 15) is 0 Å². The zero-order chi connectivity index (χ0) is 12.0. The van der Waals surface area contributed by atoms with Gasteiger partial charge in [-0.3, -0.25) is 0 Å². The van der Waals surface area contributed by atoms with E-state index in [2.05, 4.69) is 33.0 Å². The molecule has 0 unspecified atom stereocenters. The Balaban J connectivity index is 2.18. The lowest BCUT2D eigenvalue weighted by molar-refractivity contribution is 0.231. The van der Waals surface area contributed by atoms with Crippen LogP contribution in [0.5, 0.6) is 0 Å². The topological polar surface area (TPSA) is 12.0 Å². The van der Waals surface area contributed by atoms with E-state index in [1.165, 1.54) is 51.6 Å². The average molecular weight is 225 g/mol. The second-order valence-corrected chi connectivity index (χ2v) is 6.63. The van der Waals surface area contributed by atoms with Crippen molar-refractivity contribution in [1.29, 1.82) is 0 Å². The molecule has 1 saturated carbocycles. The fourth-order valence-corrected chi connectivity index (χ4v) is 2.37. The van der Waals surface area contributed by atoms with Gasteiger partial charge in [-0.15, -0.1) is 0 Å². The highest BCUT2D eigenvalue weighted by atomic mass is 14.9. The second kappa shape index (κ2) is 6.64. The first kappa shape index (κ1) is 14.0. The summed E-state index contributed by atoms with van der Waals surface area (Å²) in [7, 11) is 0. The van der Waals surface area contributed by atoms with Crippen molar-refractivity contribution in [2.45, 2.75) is 66.2 Å². The Morgan fingerprint density at radius 3 is 2.12 bits per heavy atom. The highest BCUT2D eigenvalue weighted by molar-refractivity contribution is 4.76. The molecule has 0 saturated heterocycles. The summed E-state index contributed by atoms with van der Waals surface area (Å²) in [5.74, 6) is 1.71. The predicted molar refractivity (Wildman–Crippen MR) is 72.7 cm³/mol. The Hall–Kier alpha value is -0.0400. The van der Waals surface area contributed by atoms with E-state index < -0.39 is 0 Å². The van der Waals surface area contributed by atoms with Gasteiger partial charge in [-0.1, -0.05) is 53.4 Å². The van der Waals surface area contributed by atoms with Crippen LogP contribution in [-0.4, -0.2) is 13.1 Å². The van der Waals surface area contributed by atoms with E-state index in [-0.39, 0.29) is 0 Å². The van der Waals surface area contributed by atoms with Gasteiger partial charge in [0.1, 0.15) is 0 Å². The van der Waals surface area contributed by atoms with Crippen molar-refractivity contribution in [3.8, 4) is 0 Å².